The highest BCUT2D eigenvalue weighted by atomic mass is 31.3. The van der Waals surface area contributed by atoms with Crippen molar-refractivity contribution in [2.24, 2.45) is 0 Å². The maximum Gasteiger partial charge on any atom is 0.481 e. The van der Waals surface area contributed by atoms with Crippen LogP contribution in [0.25, 0.3) is 11.2 Å². The fourth-order valence-electron chi connectivity index (χ4n) is 5.44. The van der Waals surface area contributed by atoms with Gasteiger partial charge in [-0.25, -0.2) is 24.1 Å². The Bertz CT molecular complexity index is 1470. The fraction of sp³-hybridized carbons (Fsp3) is 0.778. The molecule has 2 saturated heterocycles. The summed E-state index contributed by atoms with van der Waals surface area (Å²) in [6, 6.07) is 0. The first-order chi connectivity index (χ1) is 23.2. The van der Waals surface area contributed by atoms with Crippen LogP contribution in [0.2, 0.25) is 0 Å². The lowest BCUT2D eigenvalue weighted by Gasteiger charge is -2.21. The number of aromatic nitrogens is 4. The SMILES string of the molecule is CCCCCCCCCCCC(=O)O[C@H]1C(O)O[C@H](COP(=O)(O)OP(=O)(O)OC[C@H]2O[C@@H](n3cnc4c(N)ncnc43)[C@H](O)[C@@H]2O)[C@H]1O. The zero-order valence-corrected chi connectivity index (χ0v) is 28.7. The van der Waals surface area contributed by atoms with Crippen LogP contribution >= 0.6 is 15.6 Å². The molecule has 2 aliphatic heterocycles. The summed E-state index contributed by atoms with van der Waals surface area (Å²) in [7, 11) is -10.7. The Kier molecular flexibility index (Phi) is 14.4. The van der Waals surface area contributed by atoms with E-state index in [0.717, 1.165) is 32.0 Å². The standard InChI is InChI=1S/C27H45N5O15P2/c1-2-3-4-5-6-7-8-9-10-11-18(33)46-23-21(35)17(45-27(23)37)13-43-49(40,41)47-48(38,39)42-12-16-20(34)22(36)26(44-16)32-15-31-19-24(28)29-14-30-25(19)32/h14-17,20-23,26-27,34-37H,2-13H2,1H3,(H,38,39)(H,40,41)(H2,28,29,30)/t16-,17-,20-,21-,22-,23-,26-,27?/m1/s1. The number of nitrogens with two attached hydrogens (primary N) is 1. The fourth-order valence-corrected chi connectivity index (χ4v) is 7.53. The molecule has 0 bridgehead atoms. The summed E-state index contributed by atoms with van der Waals surface area (Å²) < 4.78 is 55.6. The number of nitrogen functional groups attached to an aromatic ring is 1. The maximum absolute atomic E-state index is 12.5. The summed E-state index contributed by atoms with van der Waals surface area (Å²) in [5.41, 5.74) is 6.13. The molecule has 49 heavy (non-hydrogen) atoms. The molecule has 278 valence electrons. The normalized spacial score (nSPS) is 29.6. The second-order valence-electron chi connectivity index (χ2n) is 11.8. The number of carbonyl (C=O) groups excluding carboxylic acids is 1. The van der Waals surface area contributed by atoms with Gasteiger partial charge >= 0.3 is 21.6 Å². The number of unbranched alkanes of at least 4 members (excludes halogenated alkanes) is 8. The van der Waals surface area contributed by atoms with Crippen LogP contribution in [0.5, 0.6) is 0 Å². The highest BCUT2D eigenvalue weighted by Gasteiger charge is 2.48. The van der Waals surface area contributed by atoms with Gasteiger partial charge in [0.2, 0.25) is 0 Å². The highest BCUT2D eigenvalue weighted by Crippen LogP contribution is 2.60. The predicted octanol–water partition coefficient (Wildman–Crippen LogP) is 1.19. The number of carbonyl (C=O) groups is 1. The van der Waals surface area contributed by atoms with Crippen molar-refractivity contribution in [1.82, 2.24) is 19.5 Å². The van der Waals surface area contributed by atoms with E-state index in [1.165, 1.54) is 36.6 Å². The van der Waals surface area contributed by atoms with Gasteiger partial charge in [-0.05, 0) is 6.42 Å². The van der Waals surface area contributed by atoms with Crippen molar-refractivity contribution in [2.75, 3.05) is 18.9 Å². The van der Waals surface area contributed by atoms with Gasteiger partial charge < -0.3 is 50.2 Å². The van der Waals surface area contributed by atoms with E-state index < -0.39 is 84.0 Å². The Morgan fingerprint density at radius 3 is 2.08 bits per heavy atom. The molecule has 22 heteroatoms. The van der Waals surface area contributed by atoms with Gasteiger partial charge in [-0.2, -0.15) is 4.31 Å². The van der Waals surface area contributed by atoms with E-state index in [1.54, 1.807) is 0 Å². The van der Waals surface area contributed by atoms with Crippen LogP contribution in [0.3, 0.4) is 0 Å². The van der Waals surface area contributed by atoms with Crippen molar-refractivity contribution in [3.63, 3.8) is 0 Å². The third-order valence-electron chi connectivity index (χ3n) is 8.07. The van der Waals surface area contributed by atoms with E-state index in [0.29, 0.717) is 6.42 Å². The molecule has 2 aromatic rings. The topological polar surface area (TPSA) is 298 Å². The van der Waals surface area contributed by atoms with E-state index in [9.17, 15) is 44.1 Å². The van der Waals surface area contributed by atoms with Crippen LogP contribution in [-0.4, -0.2) is 112 Å². The Morgan fingerprint density at radius 2 is 1.45 bits per heavy atom. The minimum atomic E-state index is -5.37. The van der Waals surface area contributed by atoms with Crippen LogP contribution in [0.4, 0.5) is 5.82 Å². The van der Waals surface area contributed by atoms with E-state index in [4.69, 9.17) is 24.5 Å². The number of hydrogen-bond acceptors (Lipinski definition) is 17. The first-order valence-corrected chi connectivity index (χ1v) is 19.0. The quantitative estimate of drug-likeness (QED) is 0.0569. The van der Waals surface area contributed by atoms with Gasteiger partial charge in [-0.1, -0.05) is 58.3 Å². The first-order valence-electron chi connectivity index (χ1n) is 16.0. The molecule has 8 N–H and O–H groups in total. The van der Waals surface area contributed by atoms with Crippen molar-refractivity contribution in [3.8, 4) is 0 Å². The van der Waals surface area contributed by atoms with Crippen molar-refractivity contribution in [3.05, 3.63) is 12.7 Å². The summed E-state index contributed by atoms with van der Waals surface area (Å²) in [6.45, 7) is 0.339. The minimum absolute atomic E-state index is 0.0544. The number of fused-ring (bicyclic) bond motifs is 1. The second-order valence-corrected chi connectivity index (χ2v) is 14.9. The van der Waals surface area contributed by atoms with Gasteiger partial charge in [0.05, 0.1) is 19.5 Å². The van der Waals surface area contributed by atoms with Gasteiger partial charge in [0.15, 0.2) is 30.1 Å². The second kappa shape index (κ2) is 17.9. The van der Waals surface area contributed by atoms with Gasteiger partial charge in [-0.15, -0.1) is 0 Å². The number of imidazole rings is 1. The van der Waals surface area contributed by atoms with Crippen LogP contribution in [-0.2, 0) is 41.5 Å². The number of ether oxygens (including phenoxy) is 3. The average molecular weight is 742 g/mol. The Labute approximate surface area is 281 Å². The van der Waals surface area contributed by atoms with Crippen LogP contribution in [0.15, 0.2) is 12.7 Å². The molecule has 0 saturated carbocycles. The largest absolute Gasteiger partial charge is 0.481 e. The summed E-state index contributed by atoms with van der Waals surface area (Å²) in [6.07, 6.45) is -0.534. The molecular weight excluding hydrogens is 696 g/mol. The van der Waals surface area contributed by atoms with Gasteiger partial charge in [0.25, 0.3) is 0 Å². The highest BCUT2D eigenvalue weighted by molar-refractivity contribution is 7.61. The molecule has 4 heterocycles. The molecule has 20 nitrogen and oxygen atoms in total. The summed E-state index contributed by atoms with van der Waals surface area (Å²) in [5.74, 6) is -0.614. The predicted molar refractivity (Wildman–Crippen MR) is 167 cm³/mol. The third-order valence-corrected chi connectivity index (χ3v) is 10.7. The molecule has 10 atom stereocenters. The molecule has 0 spiro atoms. The number of aliphatic hydroxyl groups is 4. The van der Waals surface area contributed by atoms with E-state index in [2.05, 4.69) is 30.7 Å². The third kappa shape index (κ3) is 10.9. The molecule has 0 aliphatic carbocycles. The van der Waals surface area contributed by atoms with Crippen LogP contribution < -0.4 is 5.73 Å². The van der Waals surface area contributed by atoms with Crippen LogP contribution in [0, 0.1) is 0 Å². The number of esters is 1. The van der Waals surface area contributed by atoms with E-state index in [1.807, 2.05) is 0 Å². The number of phosphoric acid groups is 2. The van der Waals surface area contributed by atoms with Crippen molar-refractivity contribution in [1.29, 1.82) is 0 Å². The molecular formula is C27H45N5O15P2. The molecule has 2 aromatic heterocycles. The van der Waals surface area contributed by atoms with Crippen LogP contribution in [0.1, 0.15) is 77.4 Å². The van der Waals surface area contributed by atoms with Crippen molar-refractivity contribution in [2.45, 2.75) is 120 Å². The zero-order chi connectivity index (χ0) is 35.8. The summed E-state index contributed by atoms with van der Waals surface area (Å²) >= 11 is 0. The number of hydrogen-bond donors (Lipinski definition) is 7. The average Bonchev–Trinajstić information content (AvgIpc) is 3.68. The van der Waals surface area contributed by atoms with Gasteiger partial charge in [0.1, 0.15) is 42.4 Å². The van der Waals surface area contributed by atoms with Gasteiger partial charge in [-0.3, -0.25) is 18.4 Å². The lowest BCUT2D eigenvalue weighted by Crippen LogP contribution is -2.38. The Morgan fingerprint density at radius 1 is 0.857 bits per heavy atom. The molecule has 2 fully saturated rings. The summed E-state index contributed by atoms with van der Waals surface area (Å²) in [4.78, 5) is 44.2. The number of rotatable bonds is 20. The molecule has 2 aliphatic rings. The number of aliphatic hydroxyl groups excluding tert-OH is 4. The monoisotopic (exact) mass is 741 g/mol. The smallest absolute Gasteiger partial charge is 0.454 e. The maximum atomic E-state index is 12.5. The molecule has 3 unspecified atom stereocenters. The molecule has 0 radical (unpaired) electrons. The number of phosphoric ester groups is 2. The minimum Gasteiger partial charge on any atom is -0.454 e. The Hall–Kier alpha value is -2.16. The molecule has 0 aromatic carbocycles. The van der Waals surface area contributed by atoms with Gasteiger partial charge in [0, 0.05) is 6.42 Å². The first kappa shape index (κ1) is 39.6. The van der Waals surface area contributed by atoms with E-state index in [-0.39, 0.29) is 23.4 Å². The van der Waals surface area contributed by atoms with E-state index >= 15 is 0 Å². The van der Waals surface area contributed by atoms with Crippen molar-refractivity contribution >= 4 is 38.6 Å². The molecule has 4 rings (SSSR count). The number of nitrogens with zero attached hydrogens (tertiary/aromatic N) is 4. The van der Waals surface area contributed by atoms with Crippen molar-refractivity contribution < 1.29 is 71.7 Å². The lowest BCUT2D eigenvalue weighted by atomic mass is 10.1. The lowest BCUT2D eigenvalue weighted by molar-refractivity contribution is -0.173. The number of anilines is 1. The Balaban J connectivity index is 1.18. The summed E-state index contributed by atoms with van der Waals surface area (Å²) in [5, 5.41) is 41.6. The molecule has 0 amide bonds. The zero-order valence-electron chi connectivity index (χ0n) is 26.9.